The van der Waals surface area contributed by atoms with Gasteiger partial charge in [-0.1, -0.05) is 0 Å². The molecular formula is C9H10N4OS. The van der Waals surface area contributed by atoms with Crippen molar-refractivity contribution in [2.24, 2.45) is 7.05 Å². The Balaban J connectivity index is 2.70. The predicted molar refractivity (Wildman–Crippen MR) is 59.2 cm³/mol. The Morgan fingerprint density at radius 2 is 2.27 bits per heavy atom. The maximum Gasteiger partial charge on any atom is 0.195 e. The van der Waals surface area contributed by atoms with E-state index < -0.39 is 0 Å². The minimum absolute atomic E-state index is 0.0663. The summed E-state index contributed by atoms with van der Waals surface area (Å²) in [7, 11) is 1.76. The summed E-state index contributed by atoms with van der Waals surface area (Å²) >= 11 is 4.98. The van der Waals surface area contributed by atoms with Crippen LogP contribution in [-0.4, -0.2) is 19.7 Å². The average molecular weight is 222 g/mol. The summed E-state index contributed by atoms with van der Waals surface area (Å²) in [6.07, 6.45) is 1.64. The number of rotatable bonds is 1. The number of aromatic amines is 2. The maximum absolute atomic E-state index is 11.7. The van der Waals surface area contributed by atoms with Gasteiger partial charge in [-0.3, -0.25) is 9.89 Å². The van der Waals surface area contributed by atoms with Crippen LogP contribution in [0.15, 0.2) is 17.1 Å². The molecule has 0 aliphatic carbocycles. The van der Waals surface area contributed by atoms with Crippen molar-refractivity contribution in [3.8, 4) is 11.4 Å². The van der Waals surface area contributed by atoms with Gasteiger partial charge in [0.1, 0.15) is 0 Å². The zero-order valence-corrected chi connectivity index (χ0v) is 9.18. The number of aromatic nitrogens is 4. The van der Waals surface area contributed by atoms with E-state index in [2.05, 4.69) is 15.2 Å². The van der Waals surface area contributed by atoms with Crippen molar-refractivity contribution in [2.45, 2.75) is 6.92 Å². The van der Waals surface area contributed by atoms with Crippen LogP contribution in [0.2, 0.25) is 0 Å². The zero-order valence-electron chi connectivity index (χ0n) is 8.37. The van der Waals surface area contributed by atoms with Crippen molar-refractivity contribution >= 4 is 12.2 Å². The third-order valence-corrected chi connectivity index (χ3v) is 2.54. The van der Waals surface area contributed by atoms with Crippen LogP contribution in [0.3, 0.4) is 0 Å². The Morgan fingerprint density at radius 1 is 1.53 bits per heavy atom. The Kier molecular flexibility index (Phi) is 2.28. The molecule has 0 bridgehead atoms. The van der Waals surface area contributed by atoms with E-state index in [4.69, 9.17) is 12.2 Å². The van der Waals surface area contributed by atoms with Crippen LogP contribution in [0.1, 0.15) is 5.69 Å². The van der Waals surface area contributed by atoms with E-state index in [0.29, 0.717) is 16.2 Å². The Labute approximate surface area is 90.8 Å². The van der Waals surface area contributed by atoms with Gasteiger partial charge in [0.15, 0.2) is 16.0 Å². The summed E-state index contributed by atoms with van der Waals surface area (Å²) < 4.78 is 2.15. The molecule has 2 N–H and O–H groups in total. The third kappa shape index (κ3) is 1.63. The van der Waals surface area contributed by atoms with E-state index in [1.807, 2.05) is 6.92 Å². The molecule has 0 atom stereocenters. The topological polar surface area (TPSA) is 66.5 Å². The van der Waals surface area contributed by atoms with Crippen LogP contribution in [0.5, 0.6) is 0 Å². The van der Waals surface area contributed by atoms with E-state index in [1.54, 1.807) is 17.8 Å². The van der Waals surface area contributed by atoms with Gasteiger partial charge in [-0.2, -0.15) is 5.10 Å². The van der Waals surface area contributed by atoms with Gasteiger partial charge in [0.05, 0.1) is 5.56 Å². The van der Waals surface area contributed by atoms with Gasteiger partial charge >= 0.3 is 0 Å². The first kappa shape index (κ1) is 9.85. The zero-order chi connectivity index (χ0) is 11.0. The van der Waals surface area contributed by atoms with Crippen molar-refractivity contribution in [1.29, 1.82) is 0 Å². The summed E-state index contributed by atoms with van der Waals surface area (Å²) in [5, 5.41) is 6.64. The number of pyridine rings is 1. The highest BCUT2D eigenvalue weighted by molar-refractivity contribution is 7.71. The van der Waals surface area contributed by atoms with Crippen LogP contribution < -0.4 is 5.43 Å². The summed E-state index contributed by atoms with van der Waals surface area (Å²) in [5.74, 6) is 0.543. The number of nitrogens with one attached hydrogen (secondary N) is 2. The molecule has 5 nitrogen and oxygen atoms in total. The second-order valence-corrected chi connectivity index (χ2v) is 3.69. The first-order valence-corrected chi connectivity index (χ1v) is 4.81. The number of hydrogen-bond donors (Lipinski definition) is 2. The van der Waals surface area contributed by atoms with Crippen LogP contribution in [0.4, 0.5) is 0 Å². The van der Waals surface area contributed by atoms with Crippen LogP contribution >= 0.6 is 12.2 Å². The van der Waals surface area contributed by atoms with Crippen molar-refractivity contribution in [3.05, 3.63) is 33.0 Å². The molecule has 0 fully saturated rings. The van der Waals surface area contributed by atoms with Gasteiger partial charge in [-0.15, -0.1) is 0 Å². The van der Waals surface area contributed by atoms with Crippen molar-refractivity contribution in [3.63, 3.8) is 0 Å². The summed E-state index contributed by atoms with van der Waals surface area (Å²) in [6, 6.07) is 1.53. The van der Waals surface area contributed by atoms with Gasteiger partial charge in [0.2, 0.25) is 0 Å². The summed E-state index contributed by atoms with van der Waals surface area (Å²) in [6.45, 7) is 1.83. The fourth-order valence-electron chi connectivity index (χ4n) is 1.34. The smallest absolute Gasteiger partial charge is 0.195 e. The normalized spacial score (nSPS) is 10.5. The molecule has 0 spiro atoms. The van der Waals surface area contributed by atoms with E-state index in [-0.39, 0.29) is 5.43 Å². The number of H-pyrrole nitrogens is 2. The van der Waals surface area contributed by atoms with E-state index >= 15 is 0 Å². The van der Waals surface area contributed by atoms with Crippen molar-refractivity contribution in [2.75, 3.05) is 0 Å². The van der Waals surface area contributed by atoms with Crippen LogP contribution in [0.25, 0.3) is 11.4 Å². The molecule has 6 heteroatoms. The highest BCUT2D eigenvalue weighted by Crippen LogP contribution is 2.10. The molecule has 78 valence electrons. The van der Waals surface area contributed by atoms with Gasteiger partial charge < -0.3 is 9.55 Å². The summed E-state index contributed by atoms with van der Waals surface area (Å²) in [5.41, 5.74) is 1.26. The molecule has 0 unspecified atom stereocenters. The lowest BCUT2D eigenvalue weighted by molar-refractivity contribution is 0.899. The second-order valence-electron chi connectivity index (χ2n) is 3.31. The van der Waals surface area contributed by atoms with Crippen LogP contribution in [0, 0.1) is 11.7 Å². The van der Waals surface area contributed by atoms with E-state index in [0.717, 1.165) is 5.69 Å². The van der Waals surface area contributed by atoms with Crippen molar-refractivity contribution < 1.29 is 0 Å². The third-order valence-electron chi connectivity index (χ3n) is 2.18. The standard InChI is InChI=1S/C9H10N4OS/c1-5-3-7(14)6(4-10-5)8-11-12-9(15)13(8)2/h3-4H,1-2H3,(H,10,14)(H,12,15). The lowest BCUT2D eigenvalue weighted by Crippen LogP contribution is -2.08. The molecule has 0 amide bonds. The second kappa shape index (κ2) is 3.47. The molecule has 0 aliphatic rings. The van der Waals surface area contributed by atoms with E-state index in [1.165, 1.54) is 6.07 Å². The molecule has 2 rings (SSSR count). The number of nitrogens with zero attached hydrogens (tertiary/aromatic N) is 2. The minimum Gasteiger partial charge on any atom is -0.364 e. The molecule has 0 radical (unpaired) electrons. The monoisotopic (exact) mass is 222 g/mol. The first-order chi connectivity index (χ1) is 7.09. The molecule has 0 saturated heterocycles. The molecule has 2 heterocycles. The molecular weight excluding hydrogens is 212 g/mol. The predicted octanol–water partition coefficient (Wildman–Crippen LogP) is 1.14. The summed E-state index contributed by atoms with van der Waals surface area (Å²) in [4.78, 5) is 14.7. The number of aryl methyl sites for hydroxylation is 1. The van der Waals surface area contributed by atoms with Gasteiger partial charge in [0.25, 0.3) is 0 Å². The molecule has 0 saturated carbocycles. The maximum atomic E-state index is 11.7. The highest BCUT2D eigenvalue weighted by Gasteiger charge is 2.09. The quantitative estimate of drug-likeness (QED) is 0.711. The average Bonchev–Trinajstić information content (AvgIpc) is 2.49. The van der Waals surface area contributed by atoms with Crippen LogP contribution in [-0.2, 0) is 7.05 Å². The van der Waals surface area contributed by atoms with Gasteiger partial charge in [-0.25, -0.2) is 0 Å². The molecule has 2 aromatic rings. The fraction of sp³-hybridized carbons (Fsp3) is 0.222. The number of hydrogen-bond acceptors (Lipinski definition) is 3. The molecule has 0 aliphatic heterocycles. The lowest BCUT2D eigenvalue weighted by Gasteiger charge is -1.99. The molecule has 2 aromatic heterocycles. The SMILES string of the molecule is Cc1cc(=O)c(-c2n[nH]c(=S)n2C)c[nH]1. The largest absolute Gasteiger partial charge is 0.364 e. The Morgan fingerprint density at radius 3 is 2.80 bits per heavy atom. The Bertz CT molecular complexity index is 607. The molecule has 15 heavy (non-hydrogen) atoms. The van der Waals surface area contributed by atoms with Crippen molar-refractivity contribution in [1.82, 2.24) is 19.7 Å². The lowest BCUT2D eigenvalue weighted by atomic mass is 10.2. The molecule has 0 aromatic carbocycles. The first-order valence-electron chi connectivity index (χ1n) is 4.40. The van der Waals surface area contributed by atoms with Gasteiger partial charge in [0, 0.05) is 25.0 Å². The fourth-order valence-corrected chi connectivity index (χ4v) is 1.47. The highest BCUT2D eigenvalue weighted by atomic mass is 32.1. The Hall–Kier alpha value is -1.69. The van der Waals surface area contributed by atoms with Gasteiger partial charge in [-0.05, 0) is 19.1 Å². The minimum atomic E-state index is -0.0663. The van der Waals surface area contributed by atoms with E-state index in [9.17, 15) is 4.79 Å².